The number of amides is 1. The van der Waals surface area contributed by atoms with Crippen LogP contribution in [0.25, 0.3) is 0 Å². The molecule has 0 bridgehead atoms. The molecule has 2 unspecified atom stereocenters. The van der Waals surface area contributed by atoms with Gasteiger partial charge in [0, 0.05) is 12.8 Å². The fourth-order valence-corrected chi connectivity index (χ4v) is 9.02. The van der Waals surface area contributed by atoms with Crippen LogP contribution in [0.2, 0.25) is 0 Å². The van der Waals surface area contributed by atoms with Crippen molar-refractivity contribution in [3.63, 3.8) is 0 Å². The van der Waals surface area contributed by atoms with Crippen LogP contribution >= 0.6 is 0 Å². The van der Waals surface area contributed by atoms with Crippen molar-refractivity contribution in [3.05, 3.63) is 24.3 Å². The summed E-state index contributed by atoms with van der Waals surface area (Å²) in [4.78, 5) is 24.5. The van der Waals surface area contributed by atoms with E-state index in [1.165, 1.54) is 231 Å². The van der Waals surface area contributed by atoms with Gasteiger partial charge in [-0.1, -0.05) is 269 Å². The lowest BCUT2D eigenvalue weighted by atomic mass is 10.0. The van der Waals surface area contributed by atoms with Gasteiger partial charge in [0.1, 0.15) is 0 Å². The quantitative estimate of drug-likeness (QED) is 0.0321. The van der Waals surface area contributed by atoms with E-state index in [1.54, 1.807) is 0 Å². The third kappa shape index (κ3) is 51.6. The van der Waals surface area contributed by atoms with E-state index in [0.29, 0.717) is 25.9 Å². The smallest absolute Gasteiger partial charge is 0.305 e. The number of ether oxygens (including phenoxy) is 1. The van der Waals surface area contributed by atoms with Gasteiger partial charge < -0.3 is 20.3 Å². The van der Waals surface area contributed by atoms with Crippen LogP contribution in [0, 0.1) is 0 Å². The first kappa shape index (κ1) is 63.3. The van der Waals surface area contributed by atoms with Crippen molar-refractivity contribution in [3.8, 4) is 0 Å². The van der Waals surface area contributed by atoms with Gasteiger partial charge in [0.15, 0.2) is 0 Å². The van der Waals surface area contributed by atoms with Crippen molar-refractivity contribution in [1.29, 1.82) is 0 Å². The average molecular weight is 917 g/mol. The highest BCUT2D eigenvalue weighted by Gasteiger charge is 2.20. The Balaban J connectivity index is 3.35. The molecule has 0 rings (SSSR count). The van der Waals surface area contributed by atoms with Crippen LogP contribution < -0.4 is 5.32 Å². The number of aliphatic hydroxyl groups is 2. The predicted molar refractivity (Wildman–Crippen MR) is 283 cm³/mol. The Kier molecular flexibility index (Phi) is 53.5. The predicted octanol–water partition coefficient (Wildman–Crippen LogP) is 17.9. The normalized spacial score (nSPS) is 12.7. The minimum Gasteiger partial charge on any atom is -0.466 e. The molecule has 2 atom stereocenters. The van der Waals surface area contributed by atoms with Crippen molar-refractivity contribution >= 4 is 11.9 Å². The van der Waals surface area contributed by atoms with E-state index in [2.05, 4.69) is 43.5 Å². The van der Waals surface area contributed by atoms with Gasteiger partial charge in [-0.3, -0.25) is 9.59 Å². The molecule has 0 radical (unpaired) electrons. The SMILES string of the molecule is CCCCCC/C=C\C/C=C\CCCCCCCCCC(=O)OCCCCCCCCCCCCCCCCCCCCCCCC(=O)NC(CO)C(O)CCCCCCCCCCC. The van der Waals surface area contributed by atoms with E-state index in [0.717, 1.165) is 51.4 Å². The topological polar surface area (TPSA) is 95.9 Å². The van der Waals surface area contributed by atoms with Crippen molar-refractivity contribution in [2.45, 2.75) is 328 Å². The first-order valence-corrected chi connectivity index (χ1v) is 29.1. The lowest BCUT2D eigenvalue weighted by Gasteiger charge is -2.22. The monoisotopic (exact) mass is 916 g/mol. The largest absolute Gasteiger partial charge is 0.466 e. The minimum atomic E-state index is -0.662. The van der Waals surface area contributed by atoms with Crippen LogP contribution in [0.1, 0.15) is 316 Å². The molecule has 65 heavy (non-hydrogen) atoms. The zero-order valence-corrected chi connectivity index (χ0v) is 43.7. The zero-order chi connectivity index (χ0) is 47.2. The molecule has 0 fully saturated rings. The molecule has 384 valence electrons. The maximum atomic E-state index is 12.4. The molecule has 3 N–H and O–H groups in total. The Morgan fingerprint density at radius 1 is 0.431 bits per heavy atom. The second kappa shape index (κ2) is 54.9. The van der Waals surface area contributed by atoms with Crippen LogP contribution in [-0.4, -0.2) is 47.4 Å². The van der Waals surface area contributed by atoms with E-state index < -0.39 is 12.1 Å². The molecule has 6 nitrogen and oxygen atoms in total. The average Bonchev–Trinajstić information content (AvgIpc) is 3.31. The Morgan fingerprint density at radius 2 is 0.769 bits per heavy atom. The molecule has 0 aromatic rings. The van der Waals surface area contributed by atoms with Crippen LogP contribution in [0.5, 0.6) is 0 Å². The van der Waals surface area contributed by atoms with Crippen molar-refractivity contribution in [2.24, 2.45) is 0 Å². The second-order valence-corrected chi connectivity index (χ2v) is 20.0. The Bertz CT molecular complexity index is 1010. The number of hydrogen-bond acceptors (Lipinski definition) is 5. The summed E-state index contributed by atoms with van der Waals surface area (Å²) in [5.74, 6) is -0.0333. The Labute approximate surface area is 405 Å². The number of aliphatic hydroxyl groups excluding tert-OH is 2. The number of nitrogens with one attached hydrogen (secondary N) is 1. The van der Waals surface area contributed by atoms with Gasteiger partial charge in [0.05, 0.1) is 25.4 Å². The maximum Gasteiger partial charge on any atom is 0.305 e. The third-order valence-electron chi connectivity index (χ3n) is 13.5. The molecule has 0 aliphatic carbocycles. The highest BCUT2D eigenvalue weighted by atomic mass is 16.5. The van der Waals surface area contributed by atoms with Gasteiger partial charge in [0.25, 0.3) is 0 Å². The number of carbonyl (C=O) groups excluding carboxylic acids is 2. The van der Waals surface area contributed by atoms with Crippen LogP contribution in [-0.2, 0) is 14.3 Å². The van der Waals surface area contributed by atoms with Gasteiger partial charge in [-0.05, 0) is 57.8 Å². The van der Waals surface area contributed by atoms with E-state index in [4.69, 9.17) is 4.74 Å². The van der Waals surface area contributed by atoms with E-state index in [1.807, 2.05) is 0 Å². The van der Waals surface area contributed by atoms with Gasteiger partial charge in [0.2, 0.25) is 5.91 Å². The summed E-state index contributed by atoms with van der Waals surface area (Å²) in [5.41, 5.74) is 0. The molecule has 0 aromatic carbocycles. The van der Waals surface area contributed by atoms with E-state index in [-0.39, 0.29) is 18.5 Å². The number of esters is 1. The summed E-state index contributed by atoms with van der Waals surface area (Å²) >= 11 is 0. The van der Waals surface area contributed by atoms with Crippen LogP contribution in [0.4, 0.5) is 0 Å². The summed E-state index contributed by atoms with van der Waals surface area (Å²) in [5, 5.41) is 23.1. The molecular weight excluding hydrogens is 803 g/mol. The molecule has 0 aliphatic heterocycles. The minimum absolute atomic E-state index is 0.00467. The molecule has 0 aliphatic rings. The summed E-state index contributed by atoms with van der Waals surface area (Å²) in [7, 11) is 0. The standard InChI is InChI=1S/C59H113NO5/c1-3-5-7-9-11-13-14-15-16-17-24-27-30-33-37-41-45-49-53-59(64)65-54-50-46-42-38-34-31-28-25-22-20-18-19-21-23-26-29-32-36-40-44-48-52-58(63)60-56(55-61)57(62)51-47-43-39-35-12-10-8-6-4-2/h13-14,16-17,56-57,61-62H,3-12,15,18-55H2,1-2H3,(H,60,63)/b14-13-,17-16-. The molecule has 0 saturated heterocycles. The fraction of sp³-hybridized carbons (Fsp3) is 0.898. The lowest BCUT2D eigenvalue weighted by Crippen LogP contribution is -2.45. The fourth-order valence-electron chi connectivity index (χ4n) is 9.02. The molecule has 0 aromatic heterocycles. The number of hydrogen-bond donors (Lipinski definition) is 3. The third-order valence-corrected chi connectivity index (χ3v) is 13.5. The van der Waals surface area contributed by atoms with Crippen molar-refractivity contribution < 1.29 is 24.5 Å². The molecule has 1 amide bonds. The highest BCUT2D eigenvalue weighted by Crippen LogP contribution is 2.17. The maximum absolute atomic E-state index is 12.4. The van der Waals surface area contributed by atoms with E-state index in [9.17, 15) is 19.8 Å². The van der Waals surface area contributed by atoms with Gasteiger partial charge in [-0.15, -0.1) is 0 Å². The molecular formula is C59H113NO5. The van der Waals surface area contributed by atoms with Crippen molar-refractivity contribution in [1.82, 2.24) is 5.32 Å². The van der Waals surface area contributed by atoms with Crippen LogP contribution in [0.15, 0.2) is 24.3 Å². The number of carbonyl (C=O) groups is 2. The van der Waals surface area contributed by atoms with Crippen molar-refractivity contribution in [2.75, 3.05) is 13.2 Å². The summed E-state index contributed by atoms with van der Waals surface area (Å²) in [6.45, 7) is 4.92. The van der Waals surface area contributed by atoms with E-state index >= 15 is 0 Å². The number of unbranched alkanes of at least 4 members (excludes halogenated alkanes) is 39. The van der Waals surface area contributed by atoms with Gasteiger partial charge >= 0.3 is 5.97 Å². The lowest BCUT2D eigenvalue weighted by molar-refractivity contribution is -0.143. The summed E-state index contributed by atoms with van der Waals surface area (Å²) in [6.07, 6.45) is 66.1. The zero-order valence-electron chi connectivity index (χ0n) is 43.7. The van der Waals surface area contributed by atoms with Crippen LogP contribution in [0.3, 0.4) is 0 Å². The Hall–Kier alpha value is -1.66. The first-order valence-electron chi connectivity index (χ1n) is 29.1. The summed E-state index contributed by atoms with van der Waals surface area (Å²) < 4.78 is 5.49. The molecule has 0 heterocycles. The highest BCUT2D eigenvalue weighted by molar-refractivity contribution is 5.76. The summed E-state index contributed by atoms with van der Waals surface area (Å²) in [6, 6.07) is -0.540. The van der Waals surface area contributed by atoms with Gasteiger partial charge in [-0.2, -0.15) is 0 Å². The molecule has 0 saturated carbocycles. The Morgan fingerprint density at radius 3 is 1.18 bits per heavy atom. The first-order chi connectivity index (χ1) is 32.0. The second-order valence-electron chi connectivity index (χ2n) is 20.0. The number of allylic oxidation sites excluding steroid dienone is 4. The van der Waals surface area contributed by atoms with Gasteiger partial charge in [-0.25, -0.2) is 0 Å². The molecule has 6 heteroatoms. The number of rotatable bonds is 54. The molecule has 0 spiro atoms.